The monoisotopic (exact) mass is 556 g/mol. The van der Waals surface area contributed by atoms with Crippen LogP contribution in [0.5, 0.6) is 0 Å². The highest BCUT2D eigenvalue weighted by molar-refractivity contribution is 5.99. The highest BCUT2D eigenvalue weighted by atomic mass is 16.3. The lowest BCUT2D eigenvalue weighted by molar-refractivity contribution is -0.145. The number of Topliss-reactive ketones (excluding diaryl/α,β-unsaturated/α-hetero) is 1. The molecule has 10 heteroatoms. The summed E-state index contributed by atoms with van der Waals surface area (Å²) in [7, 11) is 0. The van der Waals surface area contributed by atoms with E-state index in [0.29, 0.717) is 45.1 Å². The zero-order valence-electron chi connectivity index (χ0n) is 24.1. The van der Waals surface area contributed by atoms with E-state index < -0.39 is 41.6 Å². The first-order valence-electron chi connectivity index (χ1n) is 14.4. The first kappa shape index (κ1) is 31.3. The van der Waals surface area contributed by atoms with Crippen molar-refractivity contribution in [3.63, 3.8) is 0 Å². The molecule has 220 valence electrons. The van der Waals surface area contributed by atoms with E-state index in [9.17, 15) is 29.1 Å². The van der Waals surface area contributed by atoms with E-state index in [1.54, 1.807) is 6.92 Å². The Kier molecular flexibility index (Phi) is 10.8. The maximum Gasteiger partial charge on any atom is 0.246 e. The molecule has 2 fully saturated rings. The second-order valence-corrected chi connectivity index (χ2v) is 11.6. The number of carbonyl (C=O) groups is 5. The van der Waals surface area contributed by atoms with Crippen LogP contribution in [-0.2, 0) is 30.4 Å². The number of unbranched alkanes of at least 4 members (excludes halogenated alkanes) is 2. The summed E-state index contributed by atoms with van der Waals surface area (Å²) < 4.78 is 0. The molecule has 0 bridgehead atoms. The molecule has 1 aromatic carbocycles. The van der Waals surface area contributed by atoms with Gasteiger partial charge in [-0.15, -0.1) is 0 Å². The molecule has 0 saturated carbocycles. The van der Waals surface area contributed by atoms with E-state index in [1.165, 1.54) is 11.8 Å². The van der Waals surface area contributed by atoms with Gasteiger partial charge in [-0.3, -0.25) is 24.0 Å². The number of nitrogens with one attached hydrogen (secondary N) is 3. The van der Waals surface area contributed by atoms with E-state index in [4.69, 9.17) is 0 Å². The second kappa shape index (κ2) is 13.9. The summed E-state index contributed by atoms with van der Waals surface area (Å²) in [6.07, 6.45) is 2.70. The molecule has 0 aliphatic carbocycles. The molecule has 3 rings (SSSR count). The molecule has 5 atom stereocenters. The molecular formula is C30H44N4O6. The van der Waals surface area contributed by atoms with Crippen molar-refractivity contribution in [1.82, 2.24) is 20.9 Å². The molecule has 2 aliphatic rings. The molecule has 2 heterocycles. The first-order chi connectivity index (χ1) is 18.9. The Morgan fingerprint density at radius 2 is 1.70 bits per heavy atom. The van der Waals surface area contributed by atoms with Crippen LogP contribution < -0.4 is 16.0 Å². The number of nitrogens with zero attached hydrogens (tertiary/aromatic N) is 1. The van der Waals surface area contributed by atoms with Crippen molar-refractivity contribution in [3.8, 4) is 0 Å². The number of hydrogen-bond acceptors (Lipinski definition) is 6. The number of aliphatic hydroxyl groups excluding tert-OH is 1. The van der Waals surface area contributed by atoms with Crippen LogP contribution in [0.4, 0.5) is 0 Å². The van der Waals surface area contributed by atoms with Crippen LogP contribution in [0, 0.1) is 5.92 Å². The Morgan fingerprint density at radius 1 is 1.00 bits per heavy atom. The molecular weight excluding hydrogens is 512 g/mol. The Balaban J connectivity index is 1.85. The van der Waals surface area contributed by atoms with E-state index in [2.05, 4.69) is 16.0 Å². The highest BCUT2D eigenvalue weighted by Crippen LogP contribution is 2.23. The van der Waals surface area contributed by atoms with Gasteiger partial charge in [0.25, 0.3) is 0 Å². The van der Waals surface area contributed by atoms with Crippen LogP contribution in [-0.4, -0.2) is 75.7 Å². The number of benzene rings is 1. The van der Waals surface area contributed by atoms with E-state index in [0.717, 1.165) is 5.56 Å². The molecule has 0 unspecified atom stereocenters. The lowest BCUT2D eigenvalue weighted by Crippen LogP contribution is -2.67. The van der Waals surface area contributed by atoms with Crippen molar-refractivity contribution >= 4 is 29.4 Å². The van der Waals surface area contributed by atoms with Gasteiger partial charge in [0, 0.05) is 19.4 Å². The summed E-state index contributed by atoms with van der Waals surface area (Å²) in [5.41, 5.74) is -0.457. The quantitative estimate of drug-likeness (QED) is 0.323. The van der Waals surface area contributed by atoms with Gasteiger partial charge in [-0.2, -0.15) is 0 Å². The standard InChI is InChI=1S/C30H44N4O6/c1-19(2)30(4)29(40)32-23(18-21-12-7-5-8-13-21)28(39)34-17-11-15-24(34)27(38)31-22(26(37)33-30)14-9-6-10-16-25(36)20(3)35/h5,7-8,12-13,19-20,22-24,35H,6,9-11,14-18H2,1-4H3,(H,31,38)(H,32,40)(H,33,37)/t20-,22+,23+,24-,30+/m1/s1. The lowest BCUT2D eigenvalue weighted by Gasteiger charge is -2.38. The van der Waals surface area contributed by atoms with Crippen molar-refractivity contribution in [2.45, 2.75) is 109 Å². The summed E-state index contributed by atoms with van der Waals surface area (Å²) in [6, 6.07) is 6.87. The molecule has 40 heavy (non-hydrogen) atoms. The third kappa shape index (κ3) is 7.68. The van der Waals surface area contributed by atoms with Gasteiger partial charge in [0.15, 0.2) is 5.78 Å². The highest BCUT2D eigenvalue weighted by Gasteiger charge is 2.45. The summed E-state index contributed by atoms with van der Waals surface area (Å²) in [5.74, 6) is -2.15. The zero-order valence-corrected chi connectivity index (χ0v) is 24.1. The predicted molar refractivity (Wildman–Crippen MR) is 150 cm³/mol. The van der Waals surface area contributed by atoms with Gasteiger partial charge in [0.05, 0.1) is 0 Å². The average molecular weight is 557 g/mol. The Bertz CT molecular complexity index is 1080. The molecule has 0 radical (unpaired) electrons. The number of amides is 4. The van der Waals surface area contributed by atoms with Crippen LogP contribution in [0.2, 0.25) is 0 Å². The van der Waals surface area contributed by atoms with Crippen LogP contribution in [0.1, 0.15) is 78.2 Å². The van der Waals surface area contributed by atoms with Crippen LogP contribution in [0.15, 0.2) is 30.3 Å². The number of ketones is 1. The van der Waals surface area contributed by atoms with Crippen molar-refractivity contribution < 1.29 is 29.1 Å². The second-order valence-electron chi connectivity index (χ2n) is 11.6. The minimum absolute atomic E-state index is 0.229. The van der Waals surface area contributed by atoms with Gasteiger partial charge >= 0.3 is 0 Å². The summed E-state index contributed by atoms with van der Waals surface area (Å²) in [5, 5.41) is 18.1. The smallest absolute Gasteiger partial charge is 0.246 e. The molecule has 0 spiro atoms. The molecule has 0 aromatic heterocycles. The molecule has 1 aromatic rings. The van der Waals surface area contributed by atoms with Gasteiger partial charge in [0.2, 0.25) is 23.6 Å². The Labute approximate surface area is 236 Å². The van der Waals surface area contributed by atoms with E-state index in [1.807, 2.05) is 44.2 Å². The molecule has 2 saturated heterocycles. The van der Waals surface area contributed by atoms with E-state index >= 15 is 0 Å². The largest absolute Gasteiger partial charge is 0.386 e. The zero-order chi connectivity index (χ0) is 29.4. The maximum atomic E-state index is 13.8. The summed E-state index contributed by atoms with van der Waals surface area (Å²) in [6.45, 7) is 7.12. The first-order valence-corrected chi connectivity index (χ1v) is 14.4. The van der Waals surface area contributed by atoms with Crippen molar-refractivity contribution in [1.29, 1.82) is 0 Å². The predicted octanol–water partition coefficient (Wildman–Crippen LogP) is 1.63. The molecule has 4 N–H and O–H groups in total. The van der Waals surface area contributed by atoms with Gasteiger partial charge in [0.1, 0.15) is 29.8 Å². The minimum atomic E-state index is -1.33. The number of fused-ring (bicyclic) bond motifs is 1. The lowest BCUT2D eigenvalue weighted by atomic mass is 9.86. The van der Waals surface area contributed by atoms with Crippen LogP contribution >= 0.6 is 0 Å². The third-order valence-corrected chi connectivity index (χ3v) is 8.25. The number of hydrogen-bond donors (Lipinski definition) is 4. The topological polar surface area (TPSA) is 145 Å². The van der Waals surface area contributed by atoms with Crippen LogP contribution in [0.3, 0.4) is 0 Å². The van der Waals surface area contributed by atoms with Crippen molar-refractivity contribution in [3.05, 3.63) is 35.9 Å². The normalized spacial score (nSPS) is 26.8. The van der Waals surface area contributed by atoms with Crippen molar-refractivity contribution in [2.24, 2.45) is 5.92 Å². The van der Waals surface area contributed by atoms with Gasteiger partial charge < -0.3 is 26.0 Å². The summed E-state index contributed by atoms with van der Waals surface area (Å²) >= 11 is 0. The Morgan fingerprint density at radius 3 is 2.35 bits per heavy atom. The van der Waals surface area contributed by atoms with Gasteiger partial charge in [-0.25, -0.2) is 0 Å². The fourth-order valence-corrected chi connectivity index (χ4v) is 5.24. The molecule has 4 amide bonds. The molecule has 2 aliphatic heterocycles. The number of aliphatic hydroxyl groups is 1. The van der Waals surface area contributed by atoms with Crippen molar-refractivity contribution in [2.75, 3.05) is 6.54 Å². The van der Waals surface area contributed by atoms with Gasteiger partial charge in [-0.1, -0.05) is 57.0 Å². The fourth-order valence-electron chi connectivity index (χ4n) is 5.24. The number of carbonyl (C=O) groups excluding carboxylic acids is 5. The maximum absolute atomic E-state index is 13.8. The van der Waals surface area contributed by atoms with Gasteiger partial charge in [-0.05, 0) is 51.0 Å². The van der Waals surface area contributed by atoms with E-state index in [-0.39, 0.29) is 36.4 Å². The fraction of sp³-hybridized carbons (Fsp3) is 0.633. The summed E-state index contributed by atoms with van der Waals surface area (Å²) in [4.78, 5) is 67.8. The number of rotatable bonds is 10. The average Bonchev–Trinajstić information content (AvgIpc) is 3.41. The molecule has 10 nitrogen and oxygen atoms in total. The van der Waals surface area contributed by atoms with Crippen LogP contribution in [0.25, 0.3) is 0 Å². The third-order valence-electron chi connectivity index (χ3n) is 8.25. The Hall–Kier alpha value is -3.27. The SMILES string of the molecule is CC(C)[C@]1(C)NC(=O)[C@H](CCCCCC(=O)[C@@H](C)O)NC(=O)[C@H]2CCCN2C(=O)[C@H](Cc2ccccc2)NC1=O. The minimum Gasteiger partial charge on any atom is -0.386 e.